The molecular weight excluding hydrogens is 226 g/mol. The minimum atomic E-state index is -3.18. The van der Waals surface area contributed by atoms with Crippen molar-refractivity contribution in [3.05, 3.63) is 0 Å². The Morgan fingerprint density at radius 3 is 2.25 bits per heavy atom. The molecule has 0 rings (SSSR count). The molecule has 0 unspecified atom stereocenters. The van der Waals surface area contributed by atoms with E-state index in [1.165, 1.54) is 0 Å². The second kappa shape index (κ2) is 6.57. The summed E-state index contributed by atoms with van der Waals surface area (Å²) in [5.74, 6) is 0.523. The van der Waals surface area contributed by atoms with Gasteiger partial charge < -0.3 is 5.11 Å². The first-order valence-corrected chi connectivity index (χ1v) is 7.45. The zero-order valence-corrected chi connectivity index (χ0v) is 11.6. The van der Waals surface area contributed by atoms with Gasteiger partial charge in [-0.05, 0) is 24.2 Å². The van der Waals surface area contributed by atoms with Crippen molar-refractivity contribution in [2.75, 3.05) is 18.9 Å². The summed E-state index contributed by atoms with van der Waals surface area (Å²) < 4.78 is 25.8. The quantitative estimate of drug-likeness (QED) is 0.640. The Balaban J connectivity index is 4.09. The summed E-state index contributed by atoms with van der Waals surface area (Å²) in [6, 6.07) is 0. The van der Waals surface area contributed by atoms with E-state index in [2.05, 4.69) is 18.6 Å². The second-order valence-corrected chi connectivity index (χ2v) is 7.14. The van der Waals surface area contributed by atoms with Crippen LogP contribution >= 0.6 is 0 Å². The van der Waals surface area contributed by atoms with Crippen LogP contribution in [0.1, 0.15) is 40.5 Å². The zero-order valence-electron chi connectivity index (χ0n) is 10.8. The van der Waals surface area contributed by atoms with Crippen LogP contribution in [0.2, 0.25) is 0 Å². The smallest absolute Gasteiger partial charge is 0.211 e. The largest absolute Gasteiger partial charge is 0.396 e. The Labute approximate surface area is 99.5 Å². The number of hydrogen-bond donors (Lipinski definition) is 2. The Bertz CT molecular complexity index is 284. The normalized spacial score (nSPS) is 13.4. The maximum atomic E-state index is 11.6. The molecule has 0 aromatic carbocycles. The molecule has 0 aromatic rings. The fourth-order valence-electron chi connectivity index (χ4n) is 0.976. The summed E-state index contributed by atoms with van der Waals surface area (Å²) in [6.07, 6.45) is 1.04. The number of unbranched alkanes of at least 4 members (excludes halogenated alkanes) is 1. The van der Waals surface area contributed by atoms with Gasteiger partial charge in [-0.25, -0.2) is 13.1 Å². The third-order valence-electron chi connectivity index (χ3n) is 3.13. The van der Waals surface area contributed by atoms with Crippen LogP contribution in [0.4, 0.5) is 0 Å². The fraction of sp³-hybridized carbons (Fsp3) is 1.00. The average Bonchev–Trinajstić information content (AvgIpc) is 2.15. The molecule has 98 valence electrons. The number of aliphatic hydroxyl groups excluding tert-OH is 1. The SMILES string of the molecule is CC(C)C(C)(C)CNS(=O)(=O)CCCCO. The van der Waals surface area contributed by atoms with Gasteiger partial charge in [0.25, 0.3) is 0 Å². The van der Waals surface area contributed by atoms with Crippen LogP contribution in [0, 0.1) is 11.3 Å². The number of hydrogen-bond acceptors (Lipinski definition) is 3. The molecule has 0 amide bonds. The van der Waals surface area contributed by atoms with Crippen molar-refractivity contribution in [1.29, 1.82) is 0 Å². The Hall–Kier alpha value is -0.130. The molecule has 0 aromatic heterocycles. The molecule has 0 spiro atoms. The molecular formula is C11H25NO3S. The van der Waals surface area contributed by atoms with Crippen LogP contribution in [0.3, 0.4) is 0 Å². The summed E-state index contributed by atoms with van der Waals surface area (Å²) in [4.78, 5) is 0. The lowest BCUT2D eigenvalue weighted by molar-refractivity contribution is 0.252. The van der Waals surface area contributed by atoms with Gasteiger partial charge in [-0.1, -0.05) is 27.7 Å². The third kappa shape index (κ3) is 6.45. The molecule has 16 heavy (non-hydrogen) atoms. The minimum absolute atomic E-state index is 0.0377. The van der Waals surface area contributed by atoms with Gasteiger partial charge in [0.1, 0.15) is 0 Å². The van der Waals surface area contributed by atoms with Gasteiger partial charge in [-0.3, -0.25) is 0 Å². The molecule has 0 aliphatic heterocycles. The average molecular weight is 251 g/mol. The van der Waals surface area contributed by atoms with Gasteiger partial charge in [0.15, 0.2) is 0 Å². The van der Waals surface area contributed by atoms with E-state index in [-0.39, 0.29) is 17.8 Å². The predicted molar refractivity (Wildman–Crippen MR) is 66.7 cm³/mol. The van der Waals surface area contributed by atoms with Crippen molar-refractivity contribution in [2.45, 2.75) is 40.5 Å². The highest BCUT2D eigenvalue weighted by Crippen LogP contribution is 2.24. The highest BCUT2D eigenvalue weighted by atomic mass is 32.2. The van der Waals surface area contributed by atoms with Gasteiger partial charge in [0, 0.05) is 13.2 Å². The van der Waals surface area contributed by atoms with Crippen molar-refractivity contribution in [3.63, 3.8) is 0 Å². The van der Waals surface area contributed by atoms with Gasteiger partial charge in [0.2, 0.25) is 10.0 Å². The Morgan fingerprint density at radius 1 is 1.25 bits per heavy atom. The molecule has 0 heterocycles. The van der Waals surface area contributed by atoms with Gasteiger partial charge >= 0.3 is 0 Å². The number of sulfonamides is 1. The molecule has 0 saturated carbocycles. The van der Waals surface area contributed by atoms with E-state index in [0.717, 1.165) is 0 Å². The van der Waals surface area contributed by atoms with E-state index < -0.39 is 10.0 Å². The van der Waals surface area contributed by atoms with Gasteiger partial charge in [-0.2, -0.15) is 0 Å². The molecule has 0 aliphatic carbocycles. The van der Waals surface area contributed by atoms with Crippen LogP contribution in [0.15, 0.2) is 0 Å². The minimum Gasteiger partial charge on any atom is -0.396 e. The summed E-state index contributed by atoms with van der Waals surface area (Å²) in [5, 5.41) is 8.58. The first kappa shape index (κ1) is 15.9. The lowest BCUT2D eigenvalue weighted by Gasteiger charge is -2.29. The van der Waals surface area contributed by atoms with Crippen LogP contribution in [-0.4, -0.2) is 32.4 Å². The van der Waals surface area contributed by atoms with E-state index >= 15 is 0 Å². The summed E-state index contributed by atoms with van der Waals surface area (Å²) in [7, 11) is -3.18. The maximum Gasteiger partial charge on any atom is 0.211 e. The number of nitrogens with one attached hydrogen (secondary N) is 1. The Kier molecular flexibility index (Phi) is 6.51. The van der Waals surface area contributed by atoms with Gasteiger partial charge in [-0.15, -0.1) is 0 Å². The van der Waals surface area contributed by atoms with Crippen LogP contribution in [0.25, 0.3) is 0 Å². The highest BCUT2D eigenvalue weighted by molar-refractivity contribution is 7.89. The molecule has 2 N–H and O–H groups in total. The molecule has 0 bridgehead atoms. The van der Waals surface area contributed by atoms with Crippen LogP contribution in [0.5, 0.6) is 0 Å². The van der Waals surface area contributed by atoms with Crippen molar-refractivity contribution >= 4 is 10.0 Å². The predicted octanol–water partition coefficient (Wildman–Crippen LogP) is 1.36. The summed E-state index contributed by atoms with van der Waals surface area (Å²) >= 11 is 0. The third-order valence-corrected chi connectivity index (χ3v) is 4.54. The molecule has 4 nitrogen and oxygen atoms in total. The monoisotopic (exact) mass is 251 g/mol. The molecule has 0 fully saturated rings. The zero-order chi connectivity index (χ0) is 12.8. The first-order valence-electron chi connectivity index (χ1n) is 5.79. The molecule has 0 atom stereocenters. The molecule has 0 saturated heterocycles. The standard InChI is InChI=1S/C11H25NO3S/c1-10(2)11(3,4)9-12-16(14,15)8-6-5-7-13/h10,12-13H,5-9H2,1-4H3. The summed E-state index contributed by atoms with van der Waals surface area (Å²) in [5.41, 5.74) is -0.0377. The highest BCUT2D eigenvalue weighted by Gasteiger charge is 2.24. The van der Waals surface area contributed by atoms with Crippen molar-refractivity contribution in [1.82, 2.24) is 4.72 Å². The number of rotatable bonds is 8. The molecule has 5 heteroatoms. The van der Waals surface area contributed by atoms with Crippen LogP contribution in [-0.2, 0) is 10.0 Å². The van der Waals surface area contributed by atoms with Crippen LogP contribution < -0.4 is 4.72 Å². The van der Waals surface area contributed by atoms with E-state index in [1.807, 2.05) is 13.8 Å². The lowest BCUT2D eigenvalue weighted by atomic mass is 9.81. The summed E-state index contributed by atoms with van der Waals surface area (Å²) in [6.45, 7) is 8.78. The van der Waals surface area contributed by atoms with E-state index in [4.69, 9.17) is 5.11 Å². The van der Waals surface area contributed by atoms with E-state index in [0.29, 0.717) is 25.3 Å². The second-order valence-electron chi connectivity index (χ2n) is 5.21. The topological polar surface area (TPSA) is 66.4 Å². The Morgan fingerprint density at radius 2 is 1.81 bits per heavy atom. The maximum absolute atomic E-state index is 11.6. The molecule has 0 aliphatic rings. The van der Waals surface area contributed by atoms with E-state index in [9.17, 15) is 8.42 Å². The van der Waals surface area contributed by atoms with Crippen molar-refractivity contribution in [2.24, 2.45) is 11.3 Å². The fourth-order valence-corrected chi connectivity index (χ4v) is 2.30. The number of aliphatic hydroxyl groups is 1. The molecule has 0 radical (unpaired) electrons. The van der Waals surface area contributed by atoms with E-state index in [1.54, 1.807) is 0 Å². The van der Waals surface area contributed by atoms with Crippen molar-refractivity contribution < 1.29 is 13.5 Å². The van der Waals surface area contributed by atoms with Gasteiger partial charge in [0.05, 0.1) is 5.75 Å². The van der Waals surface area contributed by atoms with Crippen molar-refractivity contribution in [3.8, 4) is 0 Å². The lowest BCUT2D eigenvalue weighted by Crippen LogP contribution is -2.38. The first-order chi connectivity index (χ1) is 7.21.